The highest BCUT2D eigenvalue weighted by Crippen LogP contribution is 2.34. The van der Waals surface area contributed by atoms with E-state index in [9.17, 15) is 9.90 Å². The summed E-state index contributed by atoms with van der Waals surface area (Å²) in [6, 6.07) is 5.80. The molecule has 18 heavy (non-hydrogen) atoms. The zero-order valence-electron chi connectivity index (χ0n) is 11.0. The summed E-state index contributed by atoms with van der Waals surface area (Å²) in [5, 5.41) is 13.0. The summed E-state index contributed by atoms with van der Waals surface area (Å²) in [6.45, 7) is 6.22. The standard InChI is InChI=1S/C14H19NO2S/c1-14(2,3)10-6-4-5-9(12(10)16)7-11-13(17)15-8-18-11/h4-6,11,16H,7-8H2,1-3H3,(H,15,17). The second-order valence-electron chi connectivity index (χ2n) is 5.61. The lowest BCUT2D eigenvalue weighted by Gasteiger charge is -2.22. The van der Waals surface area contributed by atoms with Crippen molar-refractivity contribution >= 4 is 17.7 Å². The minimum absolute atomic E-state index is 0.0700. The van der Waals surface area contributed by atoms with Gasteiger partial charge in [0.25, 0.3) is 0 Å². The van der Waals surface area contributed by atoms with Crippen molar-refractivity contribution < 1.29 is 9.90 Å². The summed E-state index contributed by atoms with van der Waals surface area (Å²) in [6.07, 6.45) is 0.590. The average molecular weight is 265 g/mol. The monoisotopic (exact) mass is 265 g/mol. The van der Waals surface area contributed by atoms with Gasteiger partial charge in [-0.3, -0.25) is 4.79 Å². The highest BCUT2D eigenvalue weighted by molar-refractivity contribution is 8.01. The molecule has 1 aromatic carbocycles. The number of benzene rings is 1. The molecule has 1 aliphatic heterocycles. The van der Waals surface area contributed by atoms with Gasteiger partial charge in [0.05, 0.1) is 11.1 Å². The summed E-state index contributed by atoms with van der Waals surface area (Å²) in [5.74, 6) is 1.08. The van der Waals surface area contributed by atoms with Crippen LogP contribution in [0.3, 0.4) is 0 Å². The van der Waals surface area contributed by atoms with E-state index in [0.717, 1.165) is 11.1 Å². The van der Waals surface area contributed by atoms with Crippen LogP contribution in [0.4, 0.5) is 0 Å². The zero-order valence-corrected chi connectivity index (χ0v) is 11.8. The quantitative estimate of drug-likeness (QED) is 0.863. The first-order chi connectivity index (χ1) is 8.39. The van der Waals surface area contributed by atoms with E-state index in [1.807, 2.05) is 18.2 Å². The lowest BCUT2D eigenvalue weighted by Crippen LogP contribution is -2.24. The Kier molecular flexibility index (Phi) is 3.57. The van der Waals surface area contributed by atoms with Gasteiger partial charge in [-0.2, -0.15) is 0 Å². The van der Waals surface area contributed by atoms with Crippen LogP contribution < -0.4 is 5.32 Å². The molecule has 2 rings (SSSR count). The summed E-state index contributed by atoms with van der Waals surface area (Å²) in [5.41, 5.74) is 1.70. The molecule has 0 spiro atoms. The molecule has 0 saturated carbocycles. The Labute approximate surface area is 112 Å². The van der Waals surface area contributed by atoms with Crippen molar-refractivity contribution in [1.82, 2.24) is 5.32 Å². The molecule has 98 valence electrons. The number of aromatic hydroxyl groups is 1. The number of nitrogens with one attached hydrogen (secondary N) is 1. The van der Waals surface area contributed by atoms with Crippen LogP contribution in [0.5, 0.6) is 5.75 Å². The van der Waals surface area contributed by atoms with Crippen LogP contribution in [0.25, 0.3) is 0 Å². The number of phenols is 1. The predicted octanol–water partition coefficient (Wildman–Crippen LogP) is 2.42. The van der Waals surface area contributed by atoms with Crippen molar-refractivity contribution in [2.75, 3.05) is 5.88 Å². The van der Waals surface area contributed by atoms with Crippen LogP contribution in [0.15, 0.2) is 18.2 Å². The van der Waals surface area contributed by atoms with Crippen molar-refractivity contribution in [3.63, 3.8) is 0 Å². The van der Waals surface area contributed by atoms with E-state index in [-0.39, 0.29) is 16.6 Å². The Morgan fingerprint density at radius 3 is 2.72 bits per heavy atom. The Hall–Kier alpha value is -1.16. The number of hydrogen-bond acceptors (Lipinski definition) is 3. The van der Waals surface area contributed by atoms with Crippen LogP contribution >= 0.6 is 11.8 Å². The Bertz CT molecular complexity index is 465. The number of thioether (sulfide) groups is 1. The van der Waals surface area contributed by atoms with E-state index in [0.29, 0.717) is 18.0 Å². The molecule has 0 bridgehead atoms. The van der Waals surface area contributed by atoms with Gasteiger partial charge in [0.15, 0.2) is 0 Å². The first-order valence-electron chi connectivity index (χ1n) is 6.10. The van der Waals surface area contributed by atoms with E-state index < -0.39 is 0 Å². The number of carbonyl (C=O) groups excluding carboxylic acids is 1. The van der Waals surface area contributed by atoms with Gasteiger partial charge in [0, 0.05) is 0 Å². The van der Waals surface area contributed by atoms with Gasteiger partial charge in [-0.05, 0) is 23.0 Å². The number of hydrogen-bond donors (Lipinski definition) is 2. The van der Waals surface area contributed by atoms with Gasteiger partial charge in [-0.15, -0.1) is 11.8 Å². The molecule has 1 saturated heterocycles. The van der Waals surface area contributed by atoms with E-state index in [1.165, 1.54) is 0 Å². The average Bonchev–Trinajstić information content (AvgIpc) is 2.66. The Morgan fingerprint density at radius 1 is 1.44 bits per heavy atom. The fourth-order valence-electron chi connectivity index (χ4n) is 2.12. The van der Waals surface area contributed by atoms with Crippen LogP contribution in [-0.2, 0) is 16.6 Å². The van der Waals surface area contributed by atoms with Gasteiger partial charge in [-0.1, -0.05) is 39.0 Å². The third kappa shape index (κ3) is 2.64. The van der Waals surface area contributed by atoms with Gasteiger partial charge in [0.1, 0.15) is 5.75 Å². The number of phenolic OH excluding ortho intramolecular Hbond substituents is 1. The number of amides is 1. The second kappa shape index (κ2) is 4.84. The first-order valence-corrected chi connectivity index (χ1v) is 7.15. The van der Waals surface area contributed by atoms with Crippen molar-refractivity contribution in [2.24, 2.45) is 0 Å². The number of carbonyl (C=O) groups is 1. The molecule has 2 N–H and O–H groups in total. The minimum atomic E-state index is -0.0921. The summed E-state index contributed by atoms with van der Waals surface area (Å²) < 4.78 is 0. The SMILES string of the molecule is CC(C)(C)c1cccc(CC2SCNC2=O)c1O. The molecule has 1 heterocycles. The van der Waals surface area contributed by atoms with Gasteiger partial charge >= 0.3 is 0 Å². The lowest BCUT2D eigenvalue weighted by atomic mass is 9.84. The van der Waals surface area contributed by atoms with Crippen LogP contribution in [0.1, 0.15) is 31.9 Å². The molecule has 3 nitrogen and oxygen atoms in total. The van der Waals surface area contributed by atoms with E-state index in [1.54, 1.807) is 11.8 Å². The third-order valence-electron chi connectivity index (χ3n) is 3.16. The summed E-state index contributed by atoms with van der Waals surface area (Å²) in [7, 11) is 0. The maximum atomic E-state index is 11.6. The topological polar surface area (TPSA) is 49.3 Å². The first kappa shape index (κ1) is 13.3. The minimum Gasteiger partial charge on any atom is -0.507 e. The molecule has 1 aliphatic rings. The molecule has 0 aromatic heterocycles. The number of para-hydroxylation sites is 1. The molecule has 4 heteroatoms. The zero-order chi connectivity index (χ0) is 13.3. The van der Waals surface area contributed by atoms with Crippen LogP contribution in [0.2, 0.25) is 0 Å². The highest BCUT2D eigenvalue weighted by atomic mass is 32.2. The van der Waals surface area contributed by atoms with Crippen LogP contribution in [-0.4, -0.2) is 22.1 Å². The van der Waals surface area contributed by atoms with E-state index in [4.69, 9.17) is 0 Å². The smallest absolute Gasteiger partial charge is 0.234 e. The molecule has 1 fully saturated rings. The maximum absolute atomic E-state index is 11.6. The molecule has 1 aromatic rings. The highest BCUT2D eigenvalue weighted by Gasteiger charge is 2.27. The Balaban J connectivity index is 2.26. The van der Waals surface area contributed by atoms with Gasteiger partial charge in [-0.25, -0.2) is 0 Å². The largest absolute Gasteiger partial charge is 0.507 e. The Morgan fingerprint density at radius 2 is 2.17 bits per heavy atom. The van der Waals surface area contributed by atoms with Crippen molar-refractivity contribution in [3.8, 4) is 5.75 Å². The predicted molar refractivity (Wildman–Crippen MR) is 74.9 cm³/mol. The van der Waals surface area contributed by atoms with Crippen molar-refractivity contribution in [2.45, 2.75) is 37.9 Å². The molecule has 0 aliphatic carbocycles. The fourth-order valence-corrected chi connectivity index (χ4v) is 3.07. The molecule has 1 atom stereocenters. The normalized spacial score (nSPS) is 19.9. The van der Waals surface area contributed by atoms with E-state index >= 15 is 0 Å². The molecule has 1 unspecified atom stereocenters. The molecule has 0 radical (unpaired) electrons. The molecular formula is C14H19NO2S. The van der Waals surface area contributed by atoms with Crippen LogP contribution in [0, 0.1) is 0 Å². The number of rotatable bonds is 2. The van der Waals surface area contributed by atoms with Gasteiger partial charge in [0.2, 0.25) is 5.91 Å². The molecular weight excluding hydrogens is 246 g/mol. The summed E-state index contributed by atoms with van der Waals surface area (Å²) >= 11 is 1.60. The van der Waals surface area contributed by atoms with Crippen molar-refractivity contribution in [1.29, 1.82) is 0 Å². The maximum Gasteiger partial charge on any atom is 0.234 e. The van der Waals surface area contributed by atoms with Crippen molar-refractivity contribution in [3.05, 3.63) is 29.3 Å². The third-order valence-corrected chi connectivity index (χ3v) is 4.25. The molecule has 1 amide bonds. The lowest BCUT2D eigenvalue weighted by molar-refractivity contribution is -0.119. The summed E-state index contributed by atoms with van der Waals surface area (Å²) in [4.78, 5) is 11.6. The fraction of sp³-hybridized carbons (Fsp3) is 0.500. The van der Waals surface area contributed by atoms with E-state index in [2.05, 4.69) is 26.1 Å². The second-order valence-corrected chi connectivity index (χ2v) is 6.80. The van der Waals surface area contributed by atoms with Gasteiger partial charge < -0.3 is 10.4 Å².